The second-order valence-electron chi connectivity index (χ2n) is 4.03. The van der Waals surface area contributed by atoms with Crippen LogP contribution in [0.2, 0.25) is 0 Å². The Hall–Kier alpha value is -2.15. The van der Waals surface area contributed by atoms with E-state index in [1.54, 1.807) is 14.2 Å². The number of hydrogen-bond acceptors (Lipinski definition) is 3. The SMILES string of the molecule is COc1cc(OC)c2ccn(CCCC#N)c2c1. The first-order chi connectivity index (χ1) is 8.80. The van der Waals surface area contributed by atoms with Crippen LogP contribution in [0.5, 0.6) is 11.5 Å². The molecule has 4 nitrogen and oxygen atoms in total. The van der Waals surface area contributed by atoms with Crippen LogP contribution < -0.4 is 9.47 Å². The summed E-state index contributed by atoms with van der Waals surface area (Å²) < 4.78 is 12.8. The lowest BCUT2D eigenvalue weighted by Gasteiger charge is -2.08. The van der Waals surface area contributed by atoms with Gasteiger partial charge in [0, 0.05) is 36.7 Å². The number of aryl methyl sites for hydroxylation is 1. The van der Waals surface area contributed by atoms with E-state index in [0.717, 1.165) is 35.4 Å². The van der Waals surface area contributed by atoms with Crippen LogP contribution in [0.1, 0.15) is 12.8 Å². The average molecular weight is 244 g/mol. The maximum Gasteiger partial charge on any atom is 0.131 e. The summed E-state index contributed by atoms with van der Waals surface area (Å²) in [4.78, 5) is 0. The molecule has 1 aromatic carbocycles. The third-order valence-electron chi connectivity index (χ3n) is 2.97. The van der Waals surface area contributed by atoms with Gasteiger partial charge in [-0.2, -0.15) is 5.26 Å². The van der Waals surface area contributed by atoms with E-state index in [-0.39, 0.29) is 0 Å². The summed E-state index contributed by atoms with van der Waals surface area (Å²) in [6.45, 7) is 0.827. The van der Waals surface area contributed by atoms with Crippen LogP contribution in [0.3, 0.4) is 0 Å². The van der Waals surface area contributed by atoms with Crippen molar-refractivity contribution in [1.29, 1.82) is 5.26 Å². The van der Waals surface area contributed by atoms with E-state index >= 15 is 0 Å². The lowest BCUT2D eigenvalue weighted by molar-refractivity contribution is 0.397. The number of unbranched alkanes of at least 4 members (excludes halogenated alkanes) is 1. The van der Waals surface area contributed by atoms with Gasteiger partial charge in [-0.25, -0.2) is 0 Å². The molecule has 2 rings (SSSR count). The van der Waals surface area contributed by atoms with Crippen molar-refractivity contribution >= 4 is 10.9 Å². The average Bonchev–Trinajstić information content (AvgIpc) is 2.81. The molecule has 0 bridgehead atoms. The zero-order valence-electron chi connectivity index (χ0n) is 10.6. The molecule has 0 N–H and O–H groups in total. The molecule has 0 unspecified atom stereocenters. The quantitative estimate of drug-likeness (QED) is 0.760. The van der Waals surface area contributed by atoms with Gasteiger partial charge in [0.2, 0.25) is 0 Å². The first-order valence-electron chi connectivity index (χ1n) is 5.88. The van der Waals surface area contributed by atoms with Gasteiger partial charge in [-0.1, -0.05) is 0 Å². The lowest BCUT2D eigenvalue weighted by atomic mass is 10.2. The van der Waals surface area contributed by atoms with Crippen molar-refractivity contribution in [3.05, 3.63) is 24.4 Å². The van der Waals surface area contributed by atoms with Gasteiger partial charge in [-0.05, 0) is 12.5 Å². The van der Waals surface area contributed by atoms with Crippen molar-refractivity contribution in [2.24, 2.45) is 0 Å². The Morgan fingerprint density at radius 1 is 1.28 bits per heavy atom. The summed E-state index contributed by atoms with van der Waals surface area (Å²) in [7, 11) is 3.30. The predicted molar refractivity (Wildman–Crippen MR) is 69.9 cm³/mol. The highest BCUT2D eigenvalue weighted by atomic mass is 16.5. The Labute approximate surface area is 106 Å². The number of nitriles is 1. The molecular formula is C14H16N2O2. The molecule has 0 spiro atoms. The minimum atomic E-state index is 0.570. The molecule has 0 atom stereocenters. The molecule has 4 heteroatoms. The summed E-state index contributed by atoms with van der Waals surface area (Å²) in [5.41, 5.74) is 1.07. The van der Waals surface area contributed by atoms with Gasteiger partial charge in [0.1, 0.15) is 11.5 Å². The van der Waals surface area contributed by atoms with Gasteiger partial charge in [0.15, 0.2) is 0 Å². The molecule has 0 aliphatic carbocycles. The third kappa shape index (κ3) is 2.25. The normalized spacial score (nSPS) is 10.3. The smallest absolute Gasteiger partial charge is 0.131 e. The number of hydrogen-bond donors (Lipinski definition) is 0. The van der Waals surface area contributed by atoms with Gasteiger partial charge in [-0.15, -0.1) is 0 Å². The molecule has 1 heterocycles. The highest BCUT2D eigenvalue weighted by Gasteiger charge is 2.09. The molecule has 2 aromatic rings. The first-order valence-corrected chi connectivity index (χ1v) is 5.88. The summed E-state index contributed by atoms with van der Waals surface area (Å²) >= 11 is 0. The van der Waals surface area contributed by atoms with Crippen molar-refractivity contribution < 1.29 is 9.47 Å². The maximum atomic E-state index is 8.57. The summed E-state index contributed by atoms with van der Waals surface area (Å²) in [6.07, 6.45) is 3.44. The van der Waals surface area contributed by atoms with Crippen LogP contribution in [0.4, 0.5) is 0 Å². The van der Waals surface area contributed by atoms with E-state index in [2.05, 4.69) is 10.6 Å². The van der Waals surface area contributed by atoms with Crippen molar-refractivity contribution in [1.82, 2.24) is 4.57 Å². The Bertz CT molecular complexity index is 581. The van der Waals surface area contributed by atoms with Crippen LogP contribution in [0.15, 0.2) is 24.4 Å². The number of aromatic nitrogens is 1. The Morgan fingerprint density at radius 2 is 2.11 bits per heavy atom. The molecule has 0 aliphatic heterocycles. The molecule has 94 valence electrons. The molecule has 0 fully saturated rings. The summed E-state index contributed by atoms with van der Waals surface area (Å²) in [5, 5.41) is 9.64. The molecule has 0 amide bonds. The fourth-order valence-electron chi connectivity index (χ4n) is 2.05. The van der Waals surface area contributed by atoms with Gasteiger partial charge in [0.05, 0.1) is 25.8 Å². The minimum absolute atomic E-state index is 0.570. The topological polar surface area (TPSA) is 47.2 Å². The van der Waals surface area contributed by atoms with Crippen molar-refractivity contribution in [3.8, 4) is 17.6 Å². The number of benzene rings is 1. The van der Waals surface area contributed by atoms with Gasteiger partial charge >= 0.3 is 0 Å². The zero-order chi connectivity index (χ0) is 13.0. The van der Waals surface area contributed by atoms with Crippen molar-refractivity contribution in [3.63, 3.8) is 0 Å². The van der Waals surface area contributed by atoms with Crippen LogP contribution in [0, 0.1) is 11.3 Å². The van der Waals surface area contributed by atoms with E-state index in [4.69, 9.17) is 14.7 Å². The van der Waals surface area contributed by atoms with E-state index in [0.29, 0.717) is 6.42 Å². The highest BCUT2D eigenvalue weighted by Crippen LogP contribution is 2.31. The second kappa shape index (κ2) is 5.46. The molecule has 0 saturated carbocycles. The zero-order valence-corrected chi connectivity index (χ0v) is 10.6. The number of ether oxygens (including phenoxy) is 2. The van der Waals surface area contributed by atoms with Crippen LogP contribution in [-0.2, 0) is 6.54 Å². The van der Waals surface area contributed by atoms with E-state index in [1.165, 1.54) is 0 Å². The fourth-order valence-corrected chi connectivity index (χ4v) is 2.05. The summed E-state index contributed by atoms with van der Waals surface area (Å²) in [5.74, 6) is 1.59. The van der Waals surface area contributed by atoms with Gasteiger partial charge in [0.25, 0.3) is 0 Å². The van der Waals surface area contributed by atoms with E-state index < -0.39 is 0 Å². The Kier molecular flexibility index (Phi) is 3.73. The predicted octanol–water partition coefficient (Wildman–Crippen LogP) is 2.96. The molecule has 0 aliphatic rings. The molecular weight excluding hydrogens is 228 g/mol. The van der Waals surface area contributed by atoms with Crippen LogP contribution >= 0.6 is 0 Å². The monoisotopic (exact) mass is 244 g/mol. The van der Waals surface area contributed by atoms with E-state index in [1.807, 2.05) is 24.4 Å². The van der Waals surface area contributed by atoms with E-state index in [9.17, 15) is 0 Å². The Balaban J connectivity index is 2.41. The number of rotatable bonds is 5. The number of fused-ring (bicyclic) bond motifs is 1. The first kappa shape index (κ1) is 12.3. The molecule has 0 radical (unpaired) electrons. The van der Waals surface area contributed by atoms with Crippen LogP contribution in [-0.4, -0.2) is 18.8 Å². The largest absolute Gasteiger partial charge is 0.497 e. The number of nitrogens with zero attached hydrogens (tertiary/aromatic N) is 2. The lowest BCUT2D eigenvalue weighted by Crippen LogP contribution is -1.96. The van der Waals surface area contributed by atoms with Crippen LogP contribution in [0.25, 0.3) is 10.9 Å². The summed E-state index contributed by atoms with van der Waals surface area (Å²) in [6, 6.07) is 8.06. The van der Waals surface area contributed by atoms with Crippen molar-refractivity contribution in [2.75, 3.05) is 14.2 Å². The fraction of sp³-hybridized carbons (Fsp3) is 0.357. The third-order valence-corrected chi connectivity index (χ3v) is 2.97. The van der Waals surface area contributed by atoms with Crippen molar-refractivity contribution in [2.45, 2.75) is 19.4 Å². The maximum absolute atomic E-state index is 8.57. The minimum Gasteiger partial charge on any atom is -0.497 e. The number of methoxy groups -OCH3 is 2. The molecule has 0 saturated heterocycles. The van der Waals surface area contributed by atoms with Gasteiger partial charge in [-0.3, -0.25) is 0 Å². The standard InChI is InChI=1S/C14H16N2O2/c1-17-11-9-13-12(14(10-11)18-2)5-8-16(13)7-4-3-6-15/h5,8-10H,3-4,7H2,1-2H3. The second-order valence-corrected chi connectivity index (χ2v) is 4.03. The highest BCUT2D eigenvalue weighted by molar-refractivity contribution is 5.88. The van der Waals surface area contributed by atoms with Gasteiger partial charge < -0.3 is 14.0 Å². The molecule has 18 heavy (non-hydrogen) atoms. The Morgan fingerprint density at radius 3 is 2.78 bits per heavy atom. The molecule has 1 aromatic heterocycles.